The highest BCUT2D eigenvalue weighted by Crippen LogP contribution is 2.46. The van der Waals surface area contributed by atoms with E-state index in [9.17, 15) is 5.11 Å². The minimum Gasteiger partial charge on any atom is -0.388 e. The van der Waals surface area contributed by atoms with Crippen LogP contribution in [0, 0.1) is 5.41 Å². The van der Waals surface area contributed by atoms with Crippen LogP contribution in [0.2, 0.25) is 0 Å². The molecule has 62 valence electrons. The zero-order valence-electron chi connectivity index (χ0n) is 6.92. The van der Waals surface area contributed by atoms with Crippen molar-refractivity contribution >= 4 is 0 Å². The van der Waals surface area contributed by atoms with E-state index in [0.717, 1.165) is 0 Å². The summed E-state index contributed by atoms with van der Waals surface area (Å²) in [6.07, 6.45) is 11.5. The molecule has 0 bridgehead atoms. The fourth-order valence-corrected chi connectivity index (χ4v) is 2.57. The maximum Gasteiger partial charge on any atom is 0.0777 e. The van der Waals surface area contributed by atoms with Crippen molar-refractivity contribution in [2.75, 3.05) is 0 Å². The van der Waals surface area contributed by atoms with Gasteiger partial charge in [0.2, 0.25) is 0 Å². The van der Waals surface area contributed by atoms with Gasteiger partial charge in [-0.1, -0.05) is 25.0 Å². The Hall–Kier alpha value is -0.300. The highest BCUT2D eigenvalue weighted by Gasteiger charge is 2.39. The van der Waals surface area contributed by atoms with Crippen LogP contribution in [0.1, 0.15) is 38.5 Å². The van der Waals surface area contributed by atoms with Crippen molar-refractivity contribution in [1.82, 2.24) is 0 Å². The van der Waals surface area contributed by atoms with Crippen molar-refractivity contribution in [1.29, 1.82) is 0 Å². The predicted molar refractivity (Wildman–Crippen MR) is 45.3 cm³/mol. The summed E-state index contributed by atoms with van der Waals surface area (Å²) in [5.41, 5.74) is 0.300. The van der Waals surface area contributed by atoms with E-state index in [1.54, 1.807) is 0 Å². The molecular weight excluding hydrogens is 136 g/mol. The zero-order valence-corrected chi connectivity index (χ0v) is 6.92. The second-order valence-electron chi connectivity index (χ2n) is 3.98. The van der Waals surface area contributed by atoms with Gasteiger partial charge in [-0.25, -0.2) is 0 Å². The molecule has 11 heavy (non-hydrogen) atoms. The molecule has 1 nitrogen and oxygen atoms in total. The number of rotatable bonds is 0. The quantitative estimate of drug-likeness (QED) is 0.528. The molecule has 1 atom stereocenters. The lowest BCUT2D eigenvalue weighted by molar-refractivity contribution is 0.0527. The van der Waals surface area contributed by atoms with Crippen LogP contribution in [0.25, 0.3) is 0 Å². The van der Waals surface area contributed by atoms with Gasteiger partial charge in [-0.05, 0) is 25.7 Å². The lowest BCUT2D eigenvalue weighted by Gasteiger charge is -2.35. The third kappa shape index (κ3) is 1.12. The summed E-state index contributed by atoms with van der Waals surface area (Å²) in [6, 6.07) is 0. The Labute approximate surface area is 68.1 Å². The van der Waals surface area contributed by atoms with Crippen LogP contribution in [0.15, 0.2) is 12.2 Å². The largest absolute Gasteiger partial charge is 0.388 e. The average molecular weight is 152 g/mol. The smallest absolute Gasteiger partial charge is 0.0777 e. The summed E-state index contributed by atoms with van der Waals surface area (Å²) in [5.74, 6) is 0. The number of aliphatic hydroxyl groups is 1. The molecule has 2 aliphatic rings. The molecule has 0 unspecified atom stereocenters. The first-order chi connectivity index (χ1) is 5.33. The number of hydrogen-bond acceptors (Lipinski definition) is 1. The highest BCUT2D eigenvalue weighted by atomic mass is 16.3. The fraction of sp³-hybridized carbons (Fsp3) is 0.800. The van der Waals surface area contributed by atoms with Gasteiger partial charge in [0.05, 0.1) is 6.10 Å². The molecule has 0 aromatic rings. The summed E-state index contributed by atoms with van der Waals surface area (Å²) in [5, 5.41) is 9.77. The van der Waals surface area contributed by atoms with Gasteiger partial charge in [0.15, 0.2) is 0 Å². The van der Waals surface area contributed by atoms with E-state index < -0.39 is 0 Å². The topological polar surface area (TPSA) is 20.2 Å². The lowest BCUT2D eigenvalue weighted by Crippen LogP contribution is -2.32. The second-order valence-corrected chi connectivity index (χ2v) is 3.98. The molecule has 0 radical (unpaired) electrons. The van der Waals surface area contributed by atoms with E-state index in [4.69, 9.17) is 0 Å². The molecule has 1 heteroatoms. The number of allylic oxidation sites excluding steroid dienone is 1. The van der Waals surface area contributed by atoms with Crippen LogP contribution in [0.3, 0.4) is 0 Å². The normalized spacial score (nSPS) is 34.8. The van der Waals surface area contributed by atoms with Crippen molar-refractivity contribution in [3.05, 3.63) is 12.2 Å². The lowest BCUT2D eigenvalue weighted by atomic mass is 9.74. The minimum atomic E-state index is -0.140. The Morgan fingerprint density at radius 2 is 1.91 bits per heavy atom. The molecule has 0 amide bonds. The van der Waals surface area contributed by atoms with Crippen LogP contribution in [0.5, 0.6) is 0 Å². The molecule has 2 rings (SSSR count). The number of aliphatic hydroxyl groups excluding tert-OH is 1. The Kier molecular flexibility index (Phi) is 1.76. The molecule has 1 N–H and O–H groups in total. The Bertz CT molecular complexity index is 166. The van der Waals surface area contributed by atoms with Crippen LogP contribution >= 0.6 is 0 Å². The third-order valence-electron chi connectivity index (χ3n) is 3.35. The Morgan fingerprint density at radius 1 is 1.18 bits per heavy atom. The first-order valence-electron chi connectivity index (χ1n) is 4.68. The van der Waals surface area contributed by atoms with Gasteiger partial charge >= 0.3 is 0 Å². The third-order valence-corrected chi connectivity index (χ3v) is 3.35. The van der Waals surface area contributed by atoms with E-state index in [1.165, 1.54) is 38.5 Å². The molecule has 2 aliphatic carbocycles. The van der Waals surface area contributed by atoms with Gasteiger partial charge in [-0.15, -0.1) is 0 Å². The van der Waals surface area contributed by atoms with E-state index in [0.29, 0.717) is 5.41 Å². The van der Waals surface area contributed by atoms with Crippen LogP contribution in [-0.4, -0.2) is 11.2 Å². The molecule has 1 saturated carbocycles. The summed E-state index contributed by atoms with van der Waals surface area (Å²) >= 11 is 0. The zero-order chi connectivity index (χ0) is 7.73. The summed E-state index contributed by atoms with van der Waals surface area (Å²) in [4.78, 5) is 0. The van der Waals surface area contributed by atoms with Crippen molar-refractivity contribution < 1.29 is 5.11 Å². The van der Waals surface area contributed by atoms with E-state index >= 15 is 0 Å². The average Bonchev–Trinajstić information content (AvgIpc) is 2.46. The molecule has 0 aromatic carbocycles. The summed E-state index contributed by atoms with van der Waals surface area (Å²) in [7, 11) is 0. The van der Waals surface area contributed by atoms with Gasteiger partial charge in [0.1, 0.15) is 0 Å². The predicted octanol–water partition coefficient (Wildman–Crippen LogP) is 2.26. The standard InChI is InChI=1S/C10H16O/c11-9-5-1-2-6-10(9)7-3-4-8-10/h1,5,9,11H,2-4,6-8H2/t9-/m0/s1. The van der Waals surface area contributed by atoms with Crippen molar-refractivity contribution in [2.24, 2.45) is 5.41 Å². The molecule has 0 saturated heterocycles. The monoisotopic (exact) mass is 152 g/mol. The van der Waals surface area contributed by atoms with E-state index in [1.807, 2.05) is 6.08 Å². The molecule has 0 aliphatic heterocycles. The van der Waals surface area contributed by atoms with Gasteiger partial charge in [-0.3, -0.25) is 0 Å². The second kappa shape index (κ2) is 2.63. The van der Waals surface area contributed by atoms with Crippen molar-refractivity contribution in [3.63, 3.8) is 0 Å². The first-order valence-corrected chi connectivity index (χ1v) is 4.68. The molecular formula is C10H16O. The number of hydrogen-bond donors (Lipinski definition) is 1. The van der Waals surface area contributed by atoms with E-state index in [2.05, 4.69) is 6.08 Å². The van der Waals surface area contributed by atoms with Crippen LogP contribution in [-0.2, 0) is 0 Å². The van der Waals surface area contributed by atoms with Gasteiger partial charge < -0.3 is 5.11 Å². The Balaban J connectivity index is 2.16. The SMILES string of the molecule is O[C@H]1C=CCCC12CCCC2. The van der Waals surface area contributed by atoms with Crippen molar-refractivity contribution in [2.45, 2.75) is 44.6 Å². The molecule has 1 spiro atoms. The molecule has 0 heterocycles. The first kappa shape index (κ1) is 7.35. The van der Waals surface area contributed by atoms with Crippen molar-refractivity contribution in [3.8, 4) is 0 Å². The van der Waals surface area contributed by atoms with E-state index in [-0.39, 0.29) is 6.10 Å². The Morgan fingerprint density at radius 3 is 2.55 bits per heavy atom. The minimum absolute atomic E-state index is 0.140. The van der Waals surface area contributed by atoms with Gasteiger partial charge in [0.25, 0.3) is 0 Å². The molecule has 0 aromatic heterocycles. The van der Waals surface area contributed by atoms with Crippen LogP contribution < -0.4 is 0 Å². The van der Waals surface area contributed by atoms with Gasteiger partial charge in [-0.2, -0.15) is 0 Å². The fourth-order valence-electron chi connectivity index (χ4n) is 2.57. The highest BCUT2D eigenvalue weighted by molar-refractivity contribution is 5.06. The maximum absolute atomic E-state index is 9.77. The maximum atomic E-state index is 9.77. The molecule has 1 fully saturated rings. The summed E-state index contributed by atoms with van der Waals surface area (Å²) in [6.45, 7) is 0. The van der Waals surface area contributed by atoms with Crippen LogP contribution in [0.4, 0.5) is 0 Å². The summed E-state index contributed by atoms with van der Waals surface area (Å²) < 4.78 is 0. The van der Waals surface area contributed by atoms with Gasteiger partial charge in [0, 0.05) is 5.41 Å².